The van der Waals surface area contributed by atoms with E-state index in [2.05, 4.69) is 14.7 Å². The maximum absolute atomic E-state index is 14.5. The van der Waals surface area contributed by atoms with Crippen LogP contribution in [0.15, 0.2) is 53.7 Å². The van der Waals surface area contributed by atoms with E-state index < -0.39 is 33.1 Å². The maximum atomic E-state index is 14.5. The fraction of sp³-hybridized carbons (Fsp3) is 0.0588. The quantitative estimate of drug-likeness (QED) is 0.505. The summed E-state index contributed by atoms with van der Waals surface area (Å²) in [5, 5.41) is -0.227. The van der Waals surface area contributed by atoms with E-state index >= 15 is 0 Å². The van der Waals surface area contributed by atoms with Crippen molar-refractivity contribution in [3.63, 3.8) is 0 Å². The summed E-state index contributed by atoms with van der Waals surface area (Å²) in [6.07, 6.45) is 2.58. The summed E-state index contributed by atoms with van der Waals surface area (Å²) in [6, 6.07) is 6.53. The molecule has 0 aliphatic carbocycles. The smallest absolute Gasteiger partial charge is 0.387 e. The van der Waals surface area contributed by atoms with E-state index in [0.717, 1.165) is 12.1 Å². The minimum atomic E-state index is -4.42. The molecule has 7 nitrogen and oxygen atoms in total. The highest BCUT2D eigenvalue weighted by Crippen LogP contribution is 2.39. The normalized spacial score (nSPS) is 11.4. The zero-order valence-electron chi connectivity index (χ0n) is 14.5. The van der Waals surface area contributed by atoms with Gasteiger partial charge in [0.2, 0.25) is 5.95 Å². The Morgan fingerprint density at radius 2 is 1.70 bits per heavy atom. The zero-order chi connectivity index (χ0) is 21.9. The van der Waals surface area contributed by atoms with Crippen LogP contribution in [0.1, 0.15) is 0 Å². The van der Waals surface area contributed by atoms with Crippen molar-refractivity contribution in [2.24, 2.45) is 0 Å². The first-order valence-electron chi connectivity index (χ1n) is 7.87. The Morgan fingerprint density at radius 3 is 2.37 bits per heavy atom. The van der Waals surface area contributed by atoms with E-state index in [1.165, 1.54) is 30.6 Å². The van der Waals surface area contributed by atoms with Crippen molar-refractivity contribution in [2.75, 3.05) is 4.72 Å². The van der Waals surface area contributed by atoms with Crippen LogP contribution < -0.4 is 14.2 Å². The van der Waals surface area contributed by atoms with E-state index in [-0.39, 0.29) is 27.5 Å². The third kappa shape index (κ3) is 5.23. The molecule has 1 N–H and O–H groups in total. The van der Waals surface area contributed by atoms with Crippen LogP contribution in [0.25, 0.3) is 0 Å². The van der Waals surface area contributed by atoms with Gasteiger partial charge < -0.3 is 9.47 Å². The van der Waals surface area contributed by atoms with Gasteiger partial charge in [0, 0.05) is 29.5 Å². The van der Waals surface area contributed by atoms with Crippen LogP contribution in [0.5, 0.6) is 17.2 Å². The van der Waals surface area contributed by atoms with Gasteiger partial charge in [-0.05, 0) is 24.3 Å². The molecule has 2 aromatic carbocycles. The molecule has 0 spiro atoms. The highest BCUT2D eigenvalue weighted by molar-refractivity contribution is 7.92. The number of sulfonamides is 1. The molecular formula is C17H10Cl2F3N3O4S. The molecule has 0 saturated heterocycles. The van der Waals surface area contributed by atoms with Crippen molar-refractivity contribution < 1.29 is 31.1 Å². The topological polar surface area (TPSA) is 90.4 Å². The largest absolute Gasteiger partial charge is 0.452 e. The molecule has 3 aromatic rings. The summed E-state index contributed by atoms with van der Waals surface area (Å²) in [5.74, 6) is -2.50. The molecule has 1 aromatic heterocycles. The number of nitrogens with zero attached hydrogens (tertiary/aromatic N) is 2. The SMILES string of the molecule is O=S(=O)(Nc1ncccn1)c1cc(Cl)c(Oc2ccc(Cl)cc2OC(F)F)cc1F. The van der Waals surface area contributed by atoms with Gasteiger partial charge in [-0.25, -0.2) is 27.5 Å². The lowest BCUT2D eigenvalue weighted by Gasteiger charge is -2.14. The van der Waals surface area contributed by atoms with E-state index in [1.54, 1.807) is 0 Å². The predicted molar refractivity (Wildman–Crippen MR) is 102 cm³/mol. The minimum absolute atomic E-state index is 0.0888. The predicted octanol–water partition coefficient (Wildman–Crippen LogP) is 5.12. The van der Waals surface area contributed by atoms with Crippen LogP contribution in [-0.2, 0) is 10.0 Å². The minimum Gasteiger partial charge on any atom is -0.452 e. The zero-order valence-corrected chi connectivity index (χ0v) is 16.8. The van der Waals surface area contributed by atoms with Gasteiger partial charge in [0.1, 0.15) is 16.5 Å². The third-order valence-electron chi connectivity index (χ3n) is 3.41. The number of ether oxygens (including phenoxy) is 2. The summed E-state index contributed by atoms with van der Waals surface area (Å²) in [4.78, 5) is 6.58. The molecule has 0 aliphatic rings. The number of alkyl halides is 2. The van der Waals surface area contributed by atoms with Crippen LogP contribution in [0, 0.1) is 5.82 Å². The van der Waals surface area contributed by atoms with Gasteiger partial charge in [0.25, 0.3) is 10.0 Å². The molecule has 1 heterocycles. The summed E-state index contributed by atoms with van der Waals surface area (Å²) >= 11 is 11.8. The number of hydrogen-bond acceptors (Lipinski definition) is 6. The Kier molecular flexibility index (Phi) is 6.54. The fourth-order valence-corrected chi connectivity index (χ4v) is 3.67. The van der Waals surface area contributed by atoms with E-state index in [1.807, 2.05) is 4.72 Å². The summed E-state index contributed by atoms with van der Waals surface area (Å²) in [6.45, 7) is -3.17. The molecule has 0 bridgehead atoms. The average molecular weight is 480 g/mol. The van der Waals surface area contributed by atoms with E-state index in [4.69, 9.17) is 27.9 Å². The maximum Gasteiger partial charge on any atom is 0.387 e. The molecule has 158 valence electrons. The Bertz CT molecular complexity index is 1170. The molecule has 0 unspecified atom stereocenters. The number of hydrogen-bond donors (Lipinski definition) is 1. The second kappa shape index (κ2) is 8.94. The molecule has 0 atom stereocenters. The molecule has 0 amide bonds. The summed E-state index contributed by atoms with van der Waals surface area (Å²) < 4.78 is 76.2. The van der Waals surface area contributed by atoms with Gasteiger partial charge in [0.15, 0.2) is 11.5 Å². The number of aromatic nitrogens is 2. The highest BCUT2D eigenvalue weighted by Gasteiger charge is 2.24. The van der Waals surface area contributed by atoms with Crippen LogP contribution in [0.3, 0.4) is 0 Å². The van der Waals surface area contributed by atoms with Gasteiger partial charge in [-0.3, -0.25) is 0 Å². The van der Waals surface area contributed by atoms with Gasteiger partial charge in [-0.15, -0.1) is 0 Å². The second-order valence-electron chi connectivity index (χ2n) is 5.46. The first-order chi connectivity index (χ1) is 14.2. The van der Waals surface area contributed by atoms with Gasteiger partial charge >= 0.3 is 6.61 Å². The van der Waals surface area contributed by atoms with Crippen molar-refractivity contribution >= 4 is 39.2 Å². The lowest BCUT2D eigenvalue weighted by Crippen LogP contribution is -2.16. The number of anilines is 1. The van der Waals surface area contributed by atoms with Crippen molar-refractivity contribution in [1.82, 2.24) is 9.97 Å². The first kappa shape index (κ1) is 21.9. The first-order valence-corrected chi connectivity index (χ1v) is 10.1. The molecular weight excluding hydrogens is 470 g/mol. The summed E-state index contributed by atoms with van der Waals surface area (Å²) in [7, 11) is -4.42. The number of halogens is 5. The molecule has 0 radical (unpaired) electrons. The van der Waals surface area contributed by atoms with Crippen LogP contribution in [0.2, 0.25) is 10.0 Å². The van der Waals surface area contributed by atoms with Crippen molar-refractivity contribution in [2.45, 2.75) is 11.5 Å². The van der Waals surface area contributed by atoms with Crippen molar-refractivity contribution in [3.8, 4) is 17.2 Å². The molecule has 0 aliphatic heterocycles. The molecule has 0 saturated carbocycles. The molecule has 3 rings (SSSR count). The molecule has 0 fully saturated rings. The second-order valence-corrected chi connectivity index (χ2v) is 7.96. The van der Waals surface area contributed by atoms with E-state index in [9.17, 15) is 21.6 Å². The van der Waals surface area contributed by atoms with Gasteiger partial charge in [-0.1, -0.05) is 23.2 Å². The highest BCUT2D eigenvalue weighted by atomic mass is 35.5. The standard InChI is InChI=1S/C17H10Cl2F3N3O4S/c18-9-2-3-12(14(6-9)29-16(21)22)28-13-8-11(20)15(7-10(13)19)30(26,27)25-17-23-4-1-5-24-17/h1-8,16H,(H,23,24,25). The Hall–Kier alpha value is -2.76. The summed E-state index contributed by atoms with van der Waals surface area (Å²) in [5.41, 5.74) is 0. The van der Waals surface area contributed by atoms with Gasteiger partial charge in [0.05, 0.1) is 5.02 Å². The number of nitrogens with one attached hydrogen (secondary N) is 1. The number of rotatable bonds is 7. The van der Waals surface area contributed by atoms with Crippen LogP contribution in [0.4, 0.5) is 19.1 Å². The van der Waals surface area contributed by atoms with Crippen LogP contribution >= 0.6 is 23.2 Å². The number of benzene rings is 2. The fourth-order valence-electron chi connectivity index (χ4n) is 2.19. The van der Waals surface area contributed by atoms with Gasteiger partial charge in [-0.2, -0.15) is 8.78 Å². The average Bonchev–Trinajstić information content (AvgIpc) is 2.66. The molecule has 30 heavy (non-hydrogen) atoms. The van der Waals surface area contributed by atoms with Crippen LogP contribution in [-0.4, -0.2) is 25.0 Å². The third-order valence-corrected chi connectivity index (χ3v) is 5.28. The van der Waals surface area contributed by atoms with Crippen molar-refractivity contribution in [1.29, 1.82) is 0 Å². The Morgan fingerprint density at radius 1 is 1.00 bits per heavy atom. The Balaban J connectivity index is 1.92. The monoisotopic (exact) mass is 479 g/mol. The lowest BCUT2D eigenvalue weighted by atomic mass is 10.3. The Labute approximate surface area is 178 Å². The van der Waals surface area contributed by atoms with Crippen molar-refractivity contribution in [3.05, 3.63) is 64.7 Å². The molecule has 13 heteroatoms. The van der Waals surface area contributed by atoms with E-state index in [0.29, 0.717) is 6.07 Å². The lowest BCUT2D eigenvalue weighted by molar-refractivity contribution is -0.0510.